The van der Waals surface area contributed by atoms with E-state index in [0.717, 1.165) is 37.3 Å². The lowest BCUT2D eigenvalue weighted by Gasteiger charge is -2.15. The Morgan fingerprint density at radius 3 is 2.59 bits per heavy atom. The number of hydrogen-bond donors (Lipinski definition) is 1. The van der Waals surface area contributed by atoms with Gasteiger partial charge in [0.1, 0.15) is 5.69 Å². The zero-order valence-electron chi connectivity index (χ0n) is 17.1. The molecule has 1 heterocycles. The first-order chi connectivity index (χ1) is 13.7. The fraction of sp³-hybridized carbons (Fsp3) is 0.450. The fourth-order valence-corrected chi connectivity index (χ4v) is 4.48. The zero-order valence-corrected chi connectivity index (χ0v) is 17.9. The number of nitro benzene ring substituents is 1. The summed E-state index contributed by atoms with van der Waals surface area (Å²) in [5.41, 5.74) is 4.86. The van der Waals surface area contributed by atoms with E-state index < -0.39 is 14.9 Å². The SMILES string of the molecule is CC(C)=CCC/C(C)=C/C=N/Nc1ccc(S(=O)(=O)N2CCCC2)cc1[N+](=O)[O-]. The Kier molecular flexibility index (Phi) is 8.10. The highest BCUT2D eigenvalue weighted by Gasteiger charge is 2.29. The summed E-state index contributed by atoms with van der Waals surface area (Å²) in [4.78, 5) is 10.7. The first-order valence-corrected chi connectivity index (χ1v) is 11.0. The van der Waals surface area contributed by atoms with Crippen molar-refractivity contribution in [2.24, 2.45) is 5.10 Å². The Labute approximate surface area is 172 Å². The van der Waals surface area contributed by atoms with Gasteiger partial charge in [-0.3, -0.25) is 15.5 Å². The maximum Gasteiger partial charge on any atom is 0.295 e. The molecule has 2 rings (SSSR count). The number of benzene rings is 1. The quantitative estimate of drug-likeness (QED) is 0.275. The minimum absolute atomic E-state index is 0.0735. The van der Waals surface area contributed by atoms with Crippen LogP contribution < -0.4 is 5.43 Å². The topological polar surface area (TPSA) is 105 Å². The molecule has 158 valence electrons. The van der Waals surface area contributed by atoms with Crippen molar-refractivity contribution in [3.05, 3.63) is 51.6 Å². The van der Waals surface area contributed by atoms with Crippen LogP contribution in [0.5, 0.6) is 0 Å². The highest BCUT2D eigenvalue weighted by atomic mass is 32.2. The molecule has 1 saturated heterocycles. The summed E-state index contributed by atoms with van der Waals surface area (Å²) >= 11 is 0. The molecule has 0 spiro atoms. The van der Waals surface area contributed by atoms with Gasteiger partial charge in [0.05, 0.1) is 9.82 Å². The first kappa shape index (κ1) is 22.8. The summed E-state index contributed by atoms with van der Waals surface area (Å²) in [6, 6.07) is 3.84. The van der Waals surface area contributed by atoms with Gasteiger partial charge in [0.2, 0.25) is 10.0 Å². The van der Waals surface area contributed by atoms with Gasteiger partial charge < -0.3 is 0 Å². The minimum atomic E-state index is -3.71. The molecule has 0 atom stereocenters. The summed E-state index contributed by atoms with van der Waals surface area (Å²) in [7, 11) is -3.71. The third kappa shape index (κ3) is 6.50. The smallest absolute Gasteiger partial charge is 0.272 e. The van der Waals surface area contributed by atoms with E-state index in [2.05, 4.69) is 30.5 Å². The van der Waals surface area contributed by atoms with Crippen molar-refractivity contribution in [3.8, 4) is 0 Å². The van der Waals surface area contributed by atoms with Crippen LogP contribution in [0.2, 0.25) is 0 Å². The predicted octanol–water partition coefficient (Wildman–Crippen LogP) is 4.47. The summed E-state index contributed by atoms with van der Waals surface area (Å²) in [6.07, 6.45) is 8.99. The maximum atomic E-state index is 12.6. The van der Waals surface area contributed by atoms with E-state index in [-0.39, 0.29) is 16.3 Å². The maximum absolute atomic E-state index is 12.6. The molecule has 0 amide bonds. The number of nitrogens with zero attached hydrogens (tertiary/aromatic N) is 3. The third-order valence-electron chi connectivity index (χ3n) is 4.58. The van der Waals surface area contributed by atoms with Gasteiger partial charge in [-0.25, -0.2) is 8.42 Å². The molecule has 1 N–H and O–H groups in total. The van der Waals surface area contributed by atoms with Crippen molar-refractivity contribution in [1.82, 2.24) is 4.31 Å². The molecule has 1 aromatic carbocycles. The van der Waals surface area contributed by atoms with E-state index >= 15 is 0 Å². The molecule has 1 fully saturated rings. The molecular weight excluding hydrogens is 392 g/mol. The number of hydrogen-bond acceptors (Lipinski definition) is 6. The standard InChI is InChI=1S/C20H28N4O4S/c1-16(2)7-6-8-17(3)11-12-21-22-19-10-9-18(15-20(19)24(25)26)29(27,28)23-13-4-5-14-23/h7,9-12,15,22H,4-6,8,13-14H2,1-3H3/b17-11+,21-12+. The van der Waals surface area contributed by atoms with E-state index in [9.17, 15) is 18.5 Å². The summed E-state index contributed by atoms with van der Waals surface area (Å²) in [5.74, 6) is 0. The third-order valence-corrected chi connectivity index (χ3v) is 6.47. The van der Waals surface area contributed by atoms with Crippen molar-refractivity contribution >= 4 is 27.6 Å². The molecule has 8 nitrogen and oxygen atoms in total. The van der Waals surface area contributed by atoms with E-state index in [4.69, 9.17) is 0 Å². The molecule has 0 radical (unpaired) electrons. The Morgan fingerprint density at radius 1 is 1.28 bits per heavy atom. The molecule has 1 aliphatic rings. The van der Waals surface area contributed by atoms with Crippen LogP contribution in [0.4, 0.5) is 11.4 Å². The van der Waals surface area contributed by atoms with E-state index in [1.54, 1.807) is 0 Å². The van der Waals surface area contributed by atoms with Crippen LogP contribution in [0, 0.1) is 10.1 Å². The second-order valence-electron chi connectivity index (χ2n) is 7.27. The number of allylic oxidation sites excluding steroid dienone is 4. The van der Waals surface area contributed by atoms with Gasteiger partial charge in [-0.2, -0.15) is 9.41 Å². The summed E-state index contributed by atoms with van der Waals surface area (Å²) in [6.45, 7) is 6.99. The predicted molar refractivity (Wildman–Crippen MR) is 116 cm³/mol. The van der Waals surface area contributed by atoms with Crippen LogP contribution >= 0.6 is 0 Å². The van der Waals surface area contributed by atoms with Crippen LogP contribution in [0.1, 0.15) is 46.5 Å². The highest BCUT2D eigenvalue weighted by molar-refractivity contribution is 7.89. The average molecular weight is 421 g/mol. The van der Waals surface area contributed by atoms with Crippen molar-refractivity contribution < 1.29 is 13.3 Å². The molecule has 0 saturated carbocycles. The molecule has 9 heteroatoms. The summed E-state index contributed by atoms with van der Waals surface area (Å²) < 4.78 is 26.6. The summed E-state index contributed by atoms with van der Waals surface area (Å²) in [5, 5.41) is 15.4. The Bertz CT molecular complexity index is 926. The molecule has 0 aliphatic carbocycles. The van der Waals surface area contributed by atoms with E-state index in [1.807, 2.05) is 13.0 Å². The molecule has 1 aromatic rings. The van der Waals surface area contributed by atoms with Gasteiger partial charge in [-0.05, 0) is 64.7 Å². The molecule has 0 bridgehead atoms. The average Bonchev–Trinajstić information content (AvgIpc) is 3.20. The van der Waals surface area contributed by atoms with Gasteiger partial charge in [-0.15, -0.1) is 0 Å². The lowest BCUT2D eigenvalue weighted by Crippen LogP contribution is -2.27. The number of nitrogens with one attached hydrogen (secondary N) is 1. The highest BCUT2D eigenvalue weighted by Crippen LogP contribution is 2.30. The fourth-order valence-electron chi connectivity index (χ4n) is 2.94. The van der Waals surface area contributed by atoms with Gasteiger partial charge in [-0.1, -0.05) is 17.2 Å². The lowest BCUT2D eigenvalue weighted by molar-refractivity contribution is -0.384. The van der Waals surface area contributed by atoms with Crippen LogP contribution in [0.3, 0.4) is 0 Å². The molecule has 0 unspecified atom stereocenters. The minimum Gasteiger partial charge on any atom is -0.272 e. The number of rotatable bonds is 9. The Hall–Kier alpha value is -2.52. The Balaban J connectivity index is 2.11. The lowest BCUT2D eigenvalue weighted by atomic mass is 10.1. The van der Waals surface area contributed by atoms with Gasteiger partial charge in [0.25, 0.3) is 5.69 Å². The number of sulfonamides is 1. The van der Waals surface area contributed by atoms with Gasteiger partial charge in [0, 0.05) is 25.4 Å². The van der Waals surface area contributed by atoms with E-state index in [0.29, 0.717) is 13.1 Å². The van der Waals surface area contributed by atoms with Crippen LogP contribution in [0.15, 0.2) is 51.5 Å². The van der Waals surface area contributed by atoms with Gasteiger partial charge >= 0.3 is 0 Å². The number of hydrazone groups is 1. The Morgan fingerprint density at radius 2 is 1.97 bits per heavy atom. The molecule has 1 aliphatic heterocycles. The monoisotopic (exact) mass is 420 g/mol. The van der Waals surface area contributed by atoms with Crippen molar-refractivity contribution in [1.29, 1.82) is 0 Å². The first-order valence-electron chi connectivity index (χ1n) is 9.58. The van der Waals surface area contributed by atoms with Crippen molar-refractivity contribution in [3.63, 3.8) is 0 Å². The van der Waals surface area contributed by atoms with Gasteiger partial charge in [0.15, 0.2) is 0 Å². The van der Waals surface area contributed by atoms with Crippen LogP contribution in [-0.2, 0) is 10.0 Å². The normalized spacial score (nSPS) is 15.6. The largest absolute Gasteiger partial charge is 0.295 e. The van der Waals surface area contributed by atoms with Crippen LogP contribution in [-0.4, -0.2) is 37.0 Å². The zero-order chi connectivity index (χ0) is 21.4. The second kappa shape index (κ2) is 10.3. The molecule has 0 aromatic heterocycles. The molecular formula is C20H28N4O4S. The second-order valence-corrected chi connectivity index (χ2v) is 9.21. The van der Waals surface area contributed by atoms with Crippen molar-refractivity contribution in [2.45, 2.75) is 51.3 Å². The van der Waals surface area contributed by atoms with Crippen molar-refractivity contribution in [2.75, 3.05) is 18.5 Å². The molecule has 29 heavy (non-hydrogen) atoms. The van der Waals surface area contributed by atoms with Crippen LogP contribution in [0.25, 0.3) is 0 Å². The number of nitro groups is 1. The van der Waals surface area contributed by atoms with E-state index in [1.165, 1.54) is 28.2 Å². The number of anilines is 1.